The highest BCUT2D eigenvalue weighted by atomic mass is 127. The van der Waals surface area contributed by atoms with Gasteiger partial charge in [-0.25, -0.2) is 9.78 Å². The van der Waals surface area contributed by atoms with E-state index in [4.69, 9.17) is 5.11 Å². The number of nitrogens with zero attached hydrogens (tertiary/aromatic N) is 1. The number of aryl methyl sites for hydroxylation is 1. The summed E-state index contributed by atoms with van der Waals surface area (Å²) in [6.45, 7) is 0. The first-order chi connectivity index (χ1) is 5.75. The normalized spacial score (nSPS) is 10.1. The van der Waals surface area contributed by atoms with Gasteiger partial charge in [0.2, 0.25) is 0 Å². The highest BCUT2D eigenvalue weighted by molar-refractivity contribution is 14.1. The fourth-order valence-corrected chi connectivity index (χ4v) is 2.03. The molecule has 0 spiro atoms. The number of alkyl halides is 1. The summed E-state index contributed by atoms with van der Waals surface area (Å²) < 4.78 is 1.05. The number of carboxylic acids is 1. The van der Waals surface area contributed by atoms with Crippen molar-refractivity contribution in [2.45, 2.75) is 12.8 Å². The lowest BCUT2D eigenvalue weighted by atomic mass is 10.2. The summed E-state index contributed by atoms with van der Waals surface area (Å²) >= 11 is 3.70. The van der Waals surface area contributed by atoms with Crippen LogP contribution in [0.2, 0.25) is 0 Å². The van der Waals surface area contributed by atoms with Gasteiger partial charge in [0, 0.05) is 4.88 Å². The molecule has 1 aromatic rings. The highest BCUT2D eigenvalue weighted by Gasteiger charge is 2.12. The molecule has 66 valence electrons. The number of aromatic nitrogens is 1. The molecule has 0 unspecified atom stereocenters. The lowest BCUT2D eigenvalue weighted by molar-refractivity contribution is 0.0690. The van der Waals surface area contributed by atoms with E-state index in [1.54, 1.807) is 5.51 Å². The third kappa shape index (κ3) is 2.41. The van der Waals surface area contributed by atoms with E-state index in [-0.39, 0.29) is 5.69 Å². The van der Waals surface area contributed by atoms with Crippen LogP contribution in [0.15, 0.2) is 5.51 Å². The Labute approximate surface area is 88.0 Å². The van der Waals surface area contributed by atoms with E-state index in [2.05, 4.69) is 27.6 Å². The molecule has 1 heterocycles. The first-order valence-corrected chi connectivity index (χ1v) is 5.88. The first kappa shape index (κ1) is 9.91. The predicted molar refractivity (Wildman–Crippen MR) is 56.3 cm³/mol. The number of rotatable bonds is 4. The van der Waals surface area contributed by atoms with Crippen LogP contribution in [0, 0.1) is 0 Å². The van der Waals surface area contributed by atoms with Crippen molar-refractivity contribution in [3.05, 3.63) is 16.1 Å². The molecule has 0 fully saturated rings. The number of thiazole rings is 1. The molecule has 0 radical (unpaired) electrons. The average molecular weight is 297 g/mol. The highest BCUT2D eigenvalue weighted by Crippen LogP contribution is 2.15. The zero-order chi connectivity index (χ0) is 8.97. The maximum Gasteiger partial charge on any atom is 0.355 e. The van der Waals surface area contributed by atoms with Crippen molar-refractivity contribution < 1.29 is 9.90 Å². The summed E-state index contributed by atoms with van der Waals surface area (Å²) in [7, 11) is 0. The molecule has 0 aromatic carbocycles. The van der Waals surface area contributed by atoms with Crippen LogP contribution in [0.5, 0.6) is 0 Å². The Morgan fingerprint density at radius 3 is 3.08 bits per heavy atom. The molecular formula is C7H8INO2S. The number of halogens is 1. The lowest BCUT2D eigenvalue weighted by Crippen LogP contribution is -2.00. The minimum absolute atomic E-state index is 0.227. The van der Waals surface area contributed by atoms with E-state index >= 15 is 0 Å². The number of carboxylic acid groups (broad SMARTS) is 1. The van der Waals surface area contributed by atoms with Gasteiger partial charge in [-0.2, -0.15) is 0 Å². The Balaban J connectivity index is 2.70. The molecule has 3 nitrogen and oxygen atoms in total. The van der Waals surface area contributed by atoms with E-state index in [1.807, 2.05) is 0 Å². The summed E-state index contributed by atoms with van der Waals surface area (Å²) in [5, 5.41) is 8.70. The number of hydrogen-bond donors (Lipinski definition) is 1. The van der Waals surface area contributed by atoms with Crippen molar-refractivity contribution in [3.63, 3.8) is 0 Å². The first-order valence-electron chi connectivity index (χ1n) is 3.47. The third-order valence-electron chi connectivity index (χ3n) is 1.38. The fourth-order valence-electron chi connectivity index (χ4n) is 0.850. The van der Waals surface area contributed by atoms with Crippen molar-refractivity contribution in [1.29, 1.82) is 0 Å². The van der Waals surface area contributed by atoms with Gasteiger partial charge in [-0.1, -0.05) is 22.6 Å². The van der Waals surface area contributed by atoms with E-state index in [1.165, 1.54) is 11.3 Å². The van der Waals surface area contributed by atoms with Crippen LogP contribution in [0.1, 0.15) is 21.8 Å². The van der Waals surface area contributed by atoms with E-state index in [0.29, 0.717) is 0 Å². The quantitative estimate of drug-likeness (QED) is 0.685. The van der Waals surface area contributed by atoms with Crippen molar-refractivity contribution in [2.24, 2.45) is 0 Å². The fraction of sp³-hybridized carbons (Fsp3) is 0.429. The van der Waals surface area contributed by atoms with Crippen LogP contribution in [-0.4, -0.2) is 20.5 Å². The number of hydrogen-bond acceptors (Lipinski definition) is 3. The van der Waals surface area contributed by atoms with E-state index < -0.39 is 5.97 Å². The van der Waals surface area contributed by atoms with Gasteiger partial charge in [0.15, 0.2) is 5.69 Å². The van der Waals surface area contributed by atoms with Crippen LogP contribution in [0.3, 0.4) is 0 Å². The van der Waals surface area contributed by atoms with Crippen LogP contribution in [-0.2, 0) is 6.42 Å². The zero-order valence-electron chi connectivity index (χ0n) is 6.29. The molecule has 1 rings (SSSR count). The van der Waals surface area contributed by atoms with Crippen LogP contribution >= 0.6 is 33.9 Å². The van der Waals surface area contributed by atoms with Gasteiger partial charge in [-0.3, -0.25) is 0 Å². The second-order valence-electron chi connectivity index (χ2n) is 2.22. The molecule has 12 heavy (non-hydrogen) atoms. The molecule has 0 aliphatic rings. The van der Waals surface area contributed by atoms with Gasteiger partial charge < -0.3 is 5.11 Å². The Hall–Kier alpha value is -0.170. The third-order valence-corrected chi connectivity index (χ3v) is 3.04. The molecule has 0 aliphatic heterocycles. The number of carbonyl (C=O) groups is 1. The van der Waals surface area contributed by atoms with Crippen LogP contribution < -0.4 is 0 Å². The van der Waals surface area contributed by atoms with Crippen molar-refractivity contribution in [1.82, 2.24) is 4.98 Å². The second-order valence-corrected chi connectivity index (χ2v) is 4.24. The summed E-state index contributed by atoms with van der Waals surface area (Å²) in [6, 6.07) is 0. The Bertz CT molecular complexity index is 274. The van der Waals surface area contributed by atoms with Gasteiger partial charge in [-0.15, -0.1) is 11.3 Å². The minimum Gasteiger partial charge on any atom is -0.476 e. The Morgan fingerprint density at radius 1 is 1.75 bits per heavy atom. The summed E-state index contributed by atoms with van der Waals surface area (Å²) in [5.74, 6) is -0.917. The Morgan fingerprint density at radius 2 is 2.50 bits per heavy atom. The maximum atomic E-state index is 10.6. The van der Waals surface area contributed by atoms with E-state index in [0.717, 1.165) is 22.1 Å². The smallest absolute Gasteiger partial charge is 0.355 e. The SMILES string of the molecule is O=C(O)c1ncsc1CCCI. The number of aromatic carboxylic acids is 1. The molecule has 1 N–H and O–H groups in total. The van der Waals surface area contributed by atoms with Gasteiger partial charge in [0.05, 0.1) is 5.51 Å². The second kappa shape index (κ2) is 4.76. The molecule has 0 saturated carbocycles. The van der Waals surface area contributed by atoms with Crippen LogP contribution in [0.4, 0.5) is 0 Å². The zero-order valence-corrected chi connectivity index (χ0v) is 9.26. The van der Waals surface area contributed by atoms with Gasteiger partial charge in [0.1, 0.15) is 0 Å². The maximum absolute atomic E-state index is 10.6. The van der Waals surface area contributed by atoms with Crippen LogP contribution in [0.25, 0.3) is 0 Å². The lowest BCUT2D eigenvalue weighted by Gasteiger charge is -1.94. The van der Waals surface area contributed by atoms with Gasteiger partial charge >= 0.3 is 5.97 Å². The molecule has 0 aliphatic carbocycles. The Kier molecular flexibility index (Phi) is 3.93. The summed E-state index contributed by atoms with van der Waals surface area (Å²) in [5.41, 5.74) is 1.82. The topological polar surface area (TPSA) is 50.2 Å². The molecular weight excluding hydrogens is 289 g/mol. The largest absolute Gasteiger partial charge is 0.476 e. The van der Waals surface area contributed by atoms with Gasteiger partial charge in [0.25, 0.3) is 0 Å². The predicted octanol–water partition coefficient (Wildman–Crippen LogP) is 2.21. The van der Waals surface area contributed by atoms with E-state index in [9.17, 15) is 4.79 Å². The molecule has 0 atom stereocenters. The molecule has 5 heteroatoms. The average Bonchev–Trinajstić information content (AvgIpc) is 2.48. The summed E-state index contributed by atoms with van der Waals surface area (Å²) in [4.78, 5) is 15.3. The summed E-state index contributed by atoms with van der Waals surface area (Å²) in [6.07, 6.45) is 1.85. The van der Waals surface area contributed by atoms with Crippen molar-refractivity contribution in [2.75, 3.05) is 4.43 Å². The molecule has 0 amide bonds. The molecule has 0 bridgehead atoms. The standard InChI is InChI=1S/C7H8INO2S/c8-3-1-2-5-6(7(10)11)9-4-12-5/h4H,1-3H2,(H,10,11). The van der Waals surface area contributed by atoms with Gasteiger partial charge in [-0.05, 0) is 17.3 Å². The molecule has 0 saturated heterocycles. The monoisotopic (exact) mass is 297 g/mol. The van der Waals surface area contributed by atoms with Crippen molar-refractivity contribution >= 4 is 39.9 Å². The minimum atomic E-state index is -0.917. The molecule has 1 aromatic heterocycles. The van der Waals surface area contributed by atoms with Crippen molar-refractivity contribution in [3.8, 4) is 0 Å².